The van der Waals surface area contributed by atoms with E-state index in [2.05, 4.69) is 29.6 Å². The zero-order valence-corrected chi connectivity index (χ0v) is 13.7. The van der Waals surface area contributed by atoms with Crippen LogP contribution in [-0.4, -0.2) is 37.2 Å². The Hall–Kier alpha value is -1.55. The normalized spacial score (nSPS) is 27.4. The van der Waals surface area contributed by atoms with Crippen molar-refractivity contribution in [3.05, 3.63) is 35.4 Å². The minimum absolute atomic E-state index is 0.0812. The number of hydrogen-bond acceptors (Lipinski definition) is 2. The van der Waals surface area contributed by atoms with Crippen LogP contribution in [0, 0.1) is 11.8 Å². The van der Waals surface area contributed by atoms with Crippen molar-refractivity contribution in [2.75, 3.05) is 26.3 Å². The number of nitrogens with zero attached hydrogens (tertiary/aromatic N) is 1. The Balaban J connectivity index is 1.25. The van der Waals surface area contributed by atoms with Gasteiger partial charge in [-0.3, -0.25) is 0 Å². The Morgan fingerprint density at radius 3 is 2.65 bits per heavy atom. The van der Waals surface area contributed by atoms with Gasteiger partial charge in [-0.15, -0.1) is 0 Å². The van der Waals surface area contributed by atoms with Crippen LogP contribution in [0.4, 0.5) is 4.79 Å². The van der Waals surface area contributed by atoms with Crippen LogP contribution in [0.5, 0.6) is 0 Å². The first kappa shape index (κ1) is 15.0. The summed E-state index contributed by atoms with van der Waals surface area (Å²) in [5.41, 5.74) is 2.63. The molecule has 4 rings (SSSR count). The van der Waals surface area contributed by atoms with Gasteiger partial charge in [0, 0.05) is 32.8 Å². The number of nitrogens with one attached hydrogen (secondary N) is 1. The molecule has 0 unspecified atom stereocenters. The van der Waals surface area contributed by atoms with Crippen molar-refractivity contribution < 1.29 is 9.53 Å². The number of benzene rings is 1. The summed E-state index contributed by atoms with van der Waals surface area (Å²) in [6.07, 6.45) is 4.95. The van der Waals surface area contributed by atoms with Crippen LogP contribution in [0.15, 0.2) is 24.3 Å². The van der Waals surface area contributed by atoms with Crippen molar-refractivity contribution in [1.29, 1.82) is 0 Å². The van der Waals surface area contributed by atoms with Gasteiger partial charge in [-0.05, 0) is 54.6 Å². The van der Waals surface area contributed by atoms with Crippen molar-refractivity contribution in [3.8, 4) is 0 Å². The molecule has 2 saturated heterocycles. The molecule has 4 nitrogen and oxygen atoms in total. The molecule has 0 spiro atoms. The van der Waals surface area contributed by atoms with E-state index in [0.29, 0.717) is 18.4 Å². The van der Waals surface area contributed by atoms with E-state index in [1.807, 2.05) is 4.90 Å². The van der Waals surface area contributed by atoms with Crippen molar-refractivity contribution in [2.45, 2.75) is 38.1 Å². The lowest BCUT2D eigenvalue weighted by molar-refractivity contribution is 0.170. The first-order valence-corrected chi connectivity index (χ1v) is 8.99. The van der Waals surface area contributed by atoms with Gasteiger partial charge in [0.15, 0.2) is 0 Å². The monoisotopic (exact) mass is 314 g/mol. The third kappa shape index (κ3) is 3.52. The minimum atomic E-state index is 0.0812. The molecule has 0 bridgehead atoms. The quantitative estimate of drug-likeness (QED) is 0.927. The largest absolute Gasteiger partial charge is 0.381 e. The molecule has 1 aliphatic carbocycles. The molecule has 4 heteroatoms. The second-order valence-corrected chi connectivity index (χ2v) is 7.29. The molecular weight excluding hydrogens is 288 g/mol. The van der Waals surface area contributed by atoms with E-state index in [0.717, 1.165) is 45.1 Å². The smallest absolute Gasteiger partial charge is 0.317 e. The van der Waals surface area contributed by atoms with Gasteiger partial charge in [0.2, 0.25) is 0 Å². The molecule has 0 radical (unpaired) electrons. The van der Waals surface area contributed by atoms with E-state index >= 15 is 0 Å². The number of ether oxygens (including phenoxy) is 1. The molecule has 2 amide bonds. The van der Waals surface area contributed by atoms with Crippen molar-refractivity contribution in [3.63, 3.8) is 0 Å². The van der Waals surface area contributed by atoms with Crippen molar-refractivity contribution >= 4 is 6.03 Å². The molecule has 2 heterocycles. The Labute approximate surface area is 138 Å². The molecule has 2 atom stereocenters. The van der Waals surface area contributed by atoms with Gasteiger partial charge in [-0.2, -0.15) is 0 Å². The summed E-state index contributed by atoms with van der Waals surface area (Å²) in [7, 11) is 0. The van der Waals surface area contributed by atoms with Crippen LogP contribution < -0.4 is 5.32 Å². The summed E-state index contributed by atoms with van der Waals surface area (Å²) in [4.78, 5) is 14.3. The fourth-order valence-electron chi connectivity index (χ4n) is 3.89. The van der Waals surface area contributed by atoms with Crippen LogP contribution in [0.2, 0.25) is 0 Å². The number of carbonyl (C=O) groups excluding carboxylic acids is 1. The van der Waals surface area contributed by atoms with E-state index in [4.69, 9.17) is 4.74 Å². The van der Waals surface area contributed by atoms with E-state index in [1.54, 1.807) is 0 Å². The maximum absolute atomic E-state index is 12.3. The first-order chi connectivity index (χ1) is 11.3. The van der Waals surface area contributed by atoms with E-state index in [-0.39, 0.29) is 6.03 Å². The Morgan fingerprint density at radius 2 is 1.96 bits per heavy atom. The number of hydrogen-bond donors (Lipinski definition) is 1. The maximum atomic E-state index is 12.3. The third-order valence-corrected chi connectivity index (χ3v) is 5.62. The van der Waals surface area contributed by atoms with Crippen LogP contribution in [0.3, 0.4) is 0 Å². The molecular formula is C19H26N2O2. The van der Waals surface area contributed by atoms with E-state index < -0.39 is 0 Å². The van der Waals surface area contributed by atoms with Crippen LogP contribution in [0.25, 0.3) is 0 Å². The van der Waals surface area contributed by atoms with Gasteiger partial charge in [0.1, 0.15) is 0 Å². The topological polar surface area (TPSA) is 41.6 Å². The third-order valence-electron chi connectivity index (χ3n) is 5.62. The van der Waals surface area contributed by atoms with Gasteiger partial charge in [-0.1, -0.05) is 24.3 Å². The second kappa shape index (κ2) is 6.52. The fraction of sp³-hybridized carbons (Fsp3) is 0.632. The highest BCUT2D eigenvalue weighted by Crippen LogP contribution is 2.39. The Morgan fingerprint density at radius 1 is 1.13 bits per heavy atom. The average Bonchev–Trinajstić information content (AvgIpc) is 3.08. The lowest BCUT2D eigenvalue weighted by Crippen LogP contribution is -2.38. The van der Waals surface area contributed by atoms with Crippen molar-refractivity contribution in [1.82, 2.24) is 10.2 Å². The zero-order chi connectivity index (χ0) is 15.6. The highest BCUT2D eigenvalue weighted by atomic mass is 16.5. The predicted molar refractivity (Wildman–Crippen MR) is 89.3 cm³/mol. The summed E-state index contributed by atoms with van der Waals surface area (Å²) in [6, 6.07) is 8.81. The second-order valence-electron chi connectivity index (χ2n) is 7.29. The molecule has 2 aliphatic heterocycles. The van der Waals surface area contributed by atoms with Gasteiger partial charge < -0.3 is 15.0 Å². The number of amides is 2. The maximum Gasteiger partial charge on any atom is 0.317 e. The highest BCUT2D eigenvalue weighted by molar-refractivity contribution is 5.74. The van der Waals surface area contributed by atoms with Crippen molar-refractivity contribution in [2.24, 2.45) is 11.8 Å². The first-order valence-electron chi connectivity index (χ1n) is 8.99. The minimum Gasteiger partial charge on any atom is -0.381 e. The Bertz CT molecular complexity index is 547. The molecule has 23 heavy (non-hydrogen) atoms. The summed E-state index contributed by atoms with van der Waals surface area (Å²) in [6.45, 7) is 4.17. The summed E-state index contributed by atoms with van der Waals surface area (Å²) < 4.78 is 5.48. The fourth-order valence-corrected chi connectivity index (χ4v) is 3.89. The highest BCUT2D eigenvalue weighted by Gasteiger charge is 2.33. The van der Waals surface area contributed by atoms with Gasteiger partial charge in [0.25, 0.3) is 0 Å². The number of carbonyl (C=O) groups is 1. The molecule has 3 fully saturated rings. The molecule has 0 aromatic heterocycles. The molecule has 1 saturated carbocycles. The van der Waals surface area contributed by atoms with Gasteiger partial charge in [-0.25, -0.2) is 4.79 Å². The summed E-state index contributed by atoms with van der Waals surface area (Å²) >= 11 is 0. The molecule has 1 aromatic carbocycles. The number of urea groups is 1. The summed E-state index contributed by atoms with van der Waals surface area (Å²) in [5.74, 6) is 2.07. The Kier molecular flexibility index (Phi) is 4.25. The summed E-state index contributed by atoms with van der Waals surface area (Å²) in [5, 5.41) is 3.07. The van der Waals surface area contributed by atoms with E-state index in [9.17, 15) is 4.79 Å². The molecule has 3 aliphatic rings. The molecule has 1 aromatic rings. The van der Waals surface area contributed by atoms with Gasteiger partial charge in [0.05, 0.1) is 0 Å². The SMILES string of the molecule is O=C(NCc1ccc(C2CC2)cc1)N1CC[C@H]([C@@H]2CCOC2)C1. The van der Waals surface area contributed by atoms with Crippen LogP contribution >= 0.6 is 0 Å². The molecule has 1 N–H and O–H groups in total. The zero-order valence-electron chi connectivity index (χ0n) is 13.7. The number of rotatable bonds is 4. The van der Waals surface area contributed by atoms with E-state index in [1.165, 1.54) is 24.0 Å². The lowest BCUT2D eigenvalue weighted by atomic mass is 9.91. The predicted octanol–water partition coefficient (Wildman–Crippen LogP) is 3.13. The number of likely N-dealkylation sites (tertiary alicyclic amines) is 1. The van der Waals surface area contributed by atoms with Crippen LogP contribution in [0.1, 0.15) is 42.7 Å². The van der Waals surface area contributed by atoms with Gasteiger partial charge >= 0.3 is 6.03 Å². The standard InChI is InChI=1S/C19H26N2O2/c22-19(21-9-7-17(12-21)18-8-10-23-13-18)20-11-14-1-3-15(4-2-14)16-5-6-16/h1-4,16-18H,5-13H2,(H,20,22)/t17-,18+/m0/s1. The molecule has 124 valence electrons. The lowest BCUT2D eigenvalue weighted by Gasteiger charge is -2.19. The van der Waals surface area contributed by atoms with Crippen LogP contribution in [-0.2, 0) is 11.3 Å². The average molecular weight is 314 g/mol.